The second-order valence-corrected chi connectivity index (χ2v) is 11.2. The Morgan fingerprint density at radius 3 is 2.61 bits per heavy atom. The van der Waals surface area contributed by atoms with Crippen molar-refractivity contribution in [3.05, 3.63) is 82.2 Å². The first-order chi connectivity index (χ1) is 18.1. The molecule has 38 heavy (non-hydrogen) atoms. The van der Waals surface area contributed by atoms with Crippen molar-refractivity contribution in [2.75, 3.05) is 13.1 Å². The van der Waals surface area contributed by atoms with Crippen molar-refractivity contribution in [2.24, 2.45) is 11.8 Å². The third-order valence-electron chi connectivity index (χ3n) is 8.07. The van der Waals surface area contributed by atoms with Crippen LogP contribution in [0.25, 0.3) is 11.3 Å². The number of rotatable bonds is 5. The van der Waals surface area contributed by atoms with Crippen LogP contribution < -0.4 is 5.69 Å². The van der Waals surface area contributed by atoms with Crippen LogP contribution in [0.15, 0.2) is 59.8 Å². The van der Waals surface area contributed by atoms with E-state index in [4.69, 9.17) is 0 Å². The molecule has 4 aromatic rings. The summed E-state index contributed by atoms with van der Waals surface area (Å²) in [6, 6.07) is 10.4. The van der Waals surface area contributed by atoms with Crippen molar-refractivity contribution in [2.45, 2.75) is 57.8 Å². The highest BCUT2D eigenvalue weighted by Crippen LogP contribution is 2.48. The van der Waals surface area contributed by atoms with Crippen molar-refractivity contribution in [1.82, 2.24) is 28.9 Å². The Morgan fingerprint density at radius 1 is 1.11 bits per heavy atom. The molecule has 1 saturated heterocycles. The first kappa shape index (κ1) is 24.9. The Bertz CT molecular complexity index is 1510. The standard InChI is InChI=1S/C28H31F3N6O/c1-19-6-4-10-34(16-19)17-21-12-24(28(29,30)31)25-33-37(26(38)35(25)18-21)23-8-3-7-22(13-23)27(14-20(2)15-27)36-11-5-9-32-36/h3,5,7-9,11-13,18-20H,4,6,10,14-17H2,1-2H3/t19-,20?,27?/m0/s1. The number of alkyl halides is 3. The molecule has 0 bridgehead atoms. The van der Waals surface area contributed by atoms with E-state index in [1.165, 1.54) is 6.20 Å². The van der Waals surface area contributed by atoms with E-state index in [0.29, 0.717) is 29.6 Å². The van der Waals surface area contributed by atoms with Crippen molar-refractivity contribution < 1.29 is 13.2 Å². The molecule has 200 valence electrons. The fourth-order valence-electron chi connectivity index (χ4n) is 6.38. The molecule has 1 aliphatic carbocycles. The Kier molecular flexibility index (Phi) is 5.97. The molecule has 0 unspecified atom stereocenters. The van der Waals surface area contributed by atoms with E-state index in [2.05, 4.69) is 28.9 Å². The summed E-state index contributed by atoms with van der Waals surface area (Å²) in [6.45, 7) is 6.36. The van der Waals surface area contributed by atoms with E-state index in [1.54, 1.807) is 12.3 Å². The molecule has 1 aliphatic heterocycles. The zero-order chi connectivity index (χ0) is 26.7. The highest BCUT2D eigenvalue weighted by Gasteiger charge is 2.46. The van der Waals surface area contributed by atoms with Gasteiger partial charge in [0, 0.05) is 31.7 Å². The molecule has 6 rings (SSSR count). The van der Waals surface area contributed by atoms with E-state index >= 15 is 0 Å². The lowest BCUT2D eigenvalue weighted by atomic mass is 9.65. The number of nitrogens with zero attached hydrogens (tertiary/aromatic N) is 6. The Hall–Kier alpha value is -3.40. The molecule has 0 N–H and O–H groups in total. The van der Waals surface area contributed by atoms with E-state index in [9.17, 15) is 18.0 Å². The average Bonchev–Trinajstić information content (AvgIpc) is 3.50. The van der Waals surface area contributed by atoms with Crippen LogP contribution in [0.2, 0.25) is 0 Å². The van der Waals surface area contributed by atoms with Gasteiger partial charge in [0.15, 0.2) is 5.65 Å². The number of likely N-dealkylation sites (tertiary alicyclic amines) is 1. The summed E-state index contributed by atoms with van der Waals surface area (Å²) in [5.41, 5.74) is -0.409. The second-order valence-electron chi connectivity index (χ2n) is 11.2. The molecule has 4 heterocycles. The predicted molar refractivity (Wildman–Crippen MR) is 137 cm³/mol. The van der Waals surface area contributed by atoms with Crippen LogP contribution in [0.3, 0.4) is 0 Å². The van der Waals surface area contributed by atoms with Crippen molar-refractivity contribution >= 4 is 5.65 Å². The number of hydrogen-bond donors (Lipinski definition) is 0. The van der Waals surface area contributed by atoms with Crippen LogP contribution >= 0.6 is 0 Å². The van der Waals surface area contributed by atoms with Crippen molar-refractivity contribution in [1.29, 1.82) is 0 Å². The number of pyridine rings is 1. The van der Waals surface area contributed by atoms with Gasteiger partial charge >= 0.3 is 11.9 Å². The lowest BCUT2D eigenvalue weighted by Crippen LogP contribution is -2.46. The predicted octanol–water partition coefficient (Wildman–Crippen LogP) is 5.11. The summed E-state index contributed by atoms with van der Waals surface area (Å²) in [4.78, 5) is 15.7. The smallest absolute Gasteiger partial charge is 0.299 e. The molecular weight excluding hydrogens is 493 g/mol. The SMILES string of the molecule is CC1CC(c2cccc(-n3nc4c(C(F)(F)F)cc(CN5CCC[C@H](C)C5)cn4c3=O)c2)(n2cccn2)C1. The highest BCUT2D eigenvalue weighted by molar-refractivity contribution is 5.52. The van der Waals surface area contributed by atoms with E-state index in [0.717, 1.165) is 59.5 Å². The van der Waals surface area contributed by atoms with Gasteiger partial charge in [0.2, 0.25) is 0 Å². The summed E-state index contributed by atoms with van der Waals surface area (Å²) in [5.74, 6) is 1.01. The average molecular weight is 525 g/mol. The molecule has 0 spiro atoms. The molecule has 1 aromatic carbocycles. The van der Waals surface area contributed by atoms with Gasteiger partial charge in [0.1, 0.15) is 5.56 Å². The molecule has 1 atom stereocenters. The van der Waals surface area contributed by atoms with Gasteiger partial charge in [-0.15, -0.1) is 5.10 Å². The number of hydrogen-bond acceptors (Lipinski definition) is 4. The van der Waals surface area contributed by atoms with Gasteiger partial charge in [-0.3, -0.25) is 9.58 Å². The monoisotopic (exact) mass is 524 g/mol. The summed E-state index contributed by atoms with van der Waals surface area (Å²) in [5, 5.41) is 8.68. The van der Waals surface area contributed by atoms with Crippen LogP contribution in [0.1, 0.15) is 56.2 Å². The normalized spacial score (nSPS) is 24.6. The Morgan fingerprint density at radius 2 is 1.92 bits per heavy atom. The van der Waals surface area contributed by atoms with Gasteiger partial charge in [0.25, 0.3) is 0 Å². The quantitative estimate of drug-likeness (QED) is 0.364. The largest absolute Gasteiger partial charge is 0.420 e. The molecule has 10 heteroatoms. The second kappa shape index (κ2) is 9.11. The number of aromatic nitrogens is 5. The van der Waals surface area contributed by atoms with Crippen molar-refractivity contribution in [3.63, 3.8) is 0 Å². The maximum atomic E-state index is 14.2. The van der Waals surface area contributed by atoms with Gasteiger partial charge < -0.3 is 0 Å². The summed E-state index contributed by atoms with van der Waals surface area (Å²) in [6.07, 6.45) is 4.44. The van der Waals surface area contributed by atoms with E-state index in [-0.39, 0.29) is 11.2 Å². The van der Waals surface area contributed by atoms with Crippen LogP contribution in [0.4, 0.5) is 13.2 Å². The summed E-state index contributed by atoms with van der Waals surface area (Å²) in [7, 11) is 0. The fourth-order valence-corrected chi connectivity index (χ4v) is 6.38. The molecule has 2 aliphatic rings. The van der Waals surface area contributed by atoms with Crippen LogP contribution in [0.5, 0.6) is 0 Å². The molecule has 2 fully saturated rings. The fraction of sp³-hybridized carbons (Fsp3) is 0.464. The number of fused-ring (bicyclic) bond motifs is 1. The van der Waals surface area contributed by atoms with E-state index in [1.807, 2.05) is 35.1 Å². The van der Waals surface area contributed by atoms with Crippen LogP contribution in [0, 0.1) is 11.8 Å². The minimum atomic E-state index is -4.64. The Balaban J connectivity index is 1.43. The topological polar surface area (TPSA) is 60.4 Å². The lowest BCUT2D eigenvalue weighted by molar-refractivity contribution is -0.136. The molecule has 3 aromatic heterocycles. The van der Waals surface area contributed by atoms with Gasteiger partial charge in [-0.1, -0.05) is 26.0 Å². The number of piperidine rings is 1. The van der Waals surface area contributed by atoms with Gasteiger partial charge in [-0.25, -0.2) is 9.20 Å². The Labute approximate surface area is 218 Å². The third-order valence-corrected chi connectivity index (χ3v) is 8.07. The summed E-state index contributed by atoms with van der Waals surface area (Å²) >= 11 is 0. The molecule has 0 radical (unpaired) electrons. The first-order valence-corrected chi connectivity index (χ1v) is 13.2. The number of benzene rings is 1. The molecular formula is C28H31F3N6O. The zero-order valence-corrected chi connectivity index (χ0v) is 21.5. The van der Waals surface area contributed by atoms with Crippen LogP contribution in [-0.2, 0) is 18.3 Å². The molecule has 7 nitrogen and oxygen atoms in total. The third kappa shape index (κ3) is 4.24. The van der Waals surface area contributed by atoms with Gasteiger partial charge in [0.05, 0.1) is 11.2 Å². The summed E-state index contributed by atoms with van der Waals surface area (Å²) < 4.78 is 46.6. The van der Waals surface area contributed by atoms with Gasteiger partial charge in [-0.05, 0) is 79.5 Å². The maximum absolute atomic E-state index is 14.2. The highest BCUT2D eigenvalue weighted by atomic mass is 19.4. The maximum Gasteiger partial charge on any atom is 0.420 e. The molecule has 0 amide bonds. The van der Waals surface area contributed by atoms with Crippen molar-refractivity contribution in [3.8, 4) is 5.69 Å². The first-order valence-electron chi connectivity index (χ1n) is 13.2. The zero-order valence-electron chi connectivity index (χ0n) is 21.5. The molecule has 1 saturated carbocycles. The lowest BCUT2D eigenvalue weighted by Gasteiger charge is -2.47. The van der Waals surface area contributed by atoms with Gasteiger partial charge in [-0.2, -0.15) is 23.0 Å². The van der Waals surface area contributed by atoms with Crippen LogP contribution in [-0.4, -0.2) is 42.0 Å². The number of halogens is 3. The minimum Gasteiger partial charge on any atom is -0.299 e. The minimum absolute atomic E-state index is 0.350. The van der Waals surface area contributed by atoms with E-state index < -0.39 is 17.4 Å².